The largest absolute Gasteiger partial charge is 0.498 e. The maximum absolute atomic E-state index is 13.4. The molecule has 1 fully saturated rings. The van der Waals surface area contributed by atoms with E-state index in [1.54, 1.807) is 12.1 Å². The summed E-state index contributed by atoms with van der Waals surface area (Å²) in [6.07, 6.45) is -3.21. The van der Waals surface area contributed by atoms with Crippen molar-refractivity contribution in [2.75, 3.05) is 27.6 Å². The molecular weight excluding hydrogens is 519 g/mol. The number of rotatable bonds is 7. The molecule has 3 rings (SSSR count). The van der Waals surface area contributed by atoms with Gasteiger partial charge in [-0.3, -0.25) is 0 Å². The maximum atomic E-state index is 13.4. The van der Waals surface area contributed by atoms with E-state index in [1.165, 1.54) is 38.5 Å². The molecule has 0 saturated carbocycles. The van der Waals surface area contributed by atoms with E-state index in [4.69, 9.17) is 18.8 Å². The quantitative estimate of drug-likeness (QED) is 0.296. The zero-order valence-corrected chi connectivity index (χ0v) is 21.7. The van der Waals surface area contributed by atoms with Gasteiger partial charge in [-0.25, -0.2) is 17.6 Å². The van der Waals surface area contributed by atoms with Crippen molar-refractivity contribution in [1.29, 1.82) is 0 Å². The van der Waals surface area contributed by atoms with Crippen LogP contribution < -0.4 is 14.9 Å². The first-order valence-corrected chi connectivity index (χ1v) is 11.5. The minimum absolute atomic E-state index is 0.245. The first kappa shape index (κ1) is 28.5. The van der Waals surface area contributed by atoms with E-state index in [-0.39, 0.29) is 5.56 Å². The van der Waals surface area contributed by atoms with Gasteiger partial charge in [0.25, 0.3) is 0 Å². The van der Waals surface area contributed by atoms with Gasteiger partial charge < -0.3 is 18.8 Å². The van der Waals surface area contributed by atoms with Crippen molar-refractivity contribution in [1.82, 2.24) is 0 Å². The molecule has 34 heavy (non-hydrogen) atoms. The Morgan fingerprint density at radius 1 is 0.824 bits per heavy atom. The zero-order chi connectivity index (χ0) is 25.7. The summed E-state index contributed by atoms with van der Waals surface area (Å²) in [6, 6.07) is 9.33. The molecule has 2 unspecified atom stereocenters. The molecule has 2 aromatic rings. The molecule has 2 atom stereocenters. The smallest absolute Gasteiger partial charge is 0.497 e. The monoisotopic (exact) mass is 548 g/mol. The Hall–Kier alpha value is -1.78. The van der Waals surface area contributed by atoms with E-state index in [0.717, 1.165) is 4.47 Å². The van der Waals surface area contributed by atoms with Crippen LogP contribution in [0.5, 0.6) is 11.5 Å². The molecule has 0 radical (unpaired) electrons. The van der Waals surface area contributed by atoms with Crippen LogP contribution in [0.4, 0.5) is 17.6 Å². The molecule has 0 aliphatic carbocycles. The van der Waals surface area contributed by atoms with Crippen LogP contribution in [0.2, 0.25) is 0 Å². The van der Waals surface area contributed by atoms with Gasteiger partial charge in [-0.15, -0.1) is 0 Å². The second-order valence-corrected chi connectivity index (χ2v) is 9.58. The molecule has 1 aliphatic heterocycles. The van der Waals surface area contributed by atoms with Gasteiger partial charge in [0.2, 0.25) is 0 Å². The minimum Gasteiger partial charge on any atom is -0.497 e. The fraction of sp³-hybridized carbons (Fsp3) is 0.500. The molecule has 0 amide bonds. The molecule has 0 N–H and O–H groups in total. The number of hydrogen-bond acceptors (Lipinski definition) is 4. The lowest BCUT2D eigenvalue weighted by molar-refractivity contribution is 0.00578. The zero-order valence-electron chi connectivity index (χ0n) is 20.1. The summed E-state index contributed by atoms with van der Waals surface area (Å²) >= 11 is 3.22. The summed E-state index contributed by atoms with van der Waals surface area (Å²) in [6.45, 7) is 5.75. The van der Waals surface area contributed by atoms with Gasteiger partial charge in [0.15, 0.2) is 12.3 Å². The van der Waals surface area contributed by atoms with Gasteiger partial charge in [-0.05, 0) is 73.0 Å². The lowest BCUT2D eigenvalue weighted by Gasteiger charge is -2.32. The van der Waals surface area contributed by atoms with E-state index in [9.17, 15) is 17.6 Å². The fourth-order valence-corrected chi connectivity index (χ4v) is 3.55. The van der Waals surface area contributed by atoms with E-state index in [0.29, 0.717) is 22.5 Å². The molecule has 0 spiro atoms. The molecular formula is C24H30BBrF4O4. The van der Waals surface area contributed by atoms with Crippen LogP contribution in [0.3, 0.4) is 0 Å². The Bertz CT molecular complexity index is 945. The van der Waals surface area contributed by atoms with Crippen LogP contribution in [0.1, 0.15) is 51.2 Å². The van der Waals surface area contributed by atoms with Gasteiger partial charge in [-0.1, -0.05) is 18.2 Å². The maximum Gasteiger partial charge on any atom is 0.498 e. The Balaban J connectivity index is 0.000000270. The summed E-state index contributed by atoms with van der Waals surface area (Å²) in [5.41, 5.74) is 0.273. The third kappa shape index (κ3) is 6.46. The third-order valence-corrected chi connectivity index (χ3v) is 6.59. The molecule has 2 aromatic carbocycles. The summed E-state index contributed by atoms with van der Waals surface area (Å²) in [5, 5.41) is 0. The lowest BCUT2D eigenvalue weighted by Crippen LogP contribution is -2.41. The molecule has 1 aliphatic rings. The minimum atomic E-state index is -1.65. The molecule has 0 bridgehead atoms. The van der Waals surface area contributed by atoms with E-state index < -0.39 is 44.0 Å². The molecule has 1 saturated heterocycles. The molecule has 4 nitrogen and oxygen atoms in total. The Morgan fingerprint density at radius 2 is 1.26 bits per heavy atom. The average Bonchev–Trinajstić information content (AvgIpc) is 3.04. The van der Waals surface area contributed by atoms with Crippen molar-refractivity contribution in [3.05, 3.63) is 52.0 Å². The van der Waals surface area contributed by atoms with Gasteiger partial charge in [0, 0.05) is 5.46 Å². The van der Waals surface area contributed by atoms with E-state index in [2.05, 4.69) is 15.9 Å². The highest BCUT2D eigenvalue weighted by atomic mass is 79.9. The van der Waals surface area contributed by atoms with Crippen molar-refractivity contribution < 1.29 is 36.3 Å². The van der Waals surface area contributed by atoms with Crippen molar-refractivity contribution in [3.63, 3.8) is 0 Å². The van der Waals surface area contributed by atoms with Crippen LogP contribution in [0, 0.1) is 0 Å². The van der Waals surface area contributed by atoms with Crippen molar-refractivity contribution >= 4 is 28.5 Å². The van der Waals surface area contributed by atoms with Crippen LogP contribution in [-0.4, -0.2) is 45.9 Å². The normalized spacial score (nSPS) is 18.0. The predicted molar refractivity (Wildman–Crippen MR) is 129 cm³/mol. The lowest BCUT2D eigenvalue weighted by atomic mass is 9.77. The van der Waals surface area contributed by atoms with Crippen LogP contribution in [0.15, 0.2) is 40.9 Å². The first-order chi connectivity index (χ1) is 15.9. The Labute approximate surface area is 207 Å². The second-order valence-electron chi connectivity index (χ2n) is 8.73. The van der Waals surface area contributed by atoms with E-state index in [1.807, 2.05) is 27.7 Å². The van der Waals surface area contributed by atoms with Crippen LogP contribution in [-0.2, 0) is 9.31 Å². The number of methoxy groups -OCH3 is 2. The number of halogens is 5. The van der Waals surface area contributed by atoms with Gasteiger partial charge >= 0.3 is 7.12 Å². The van der Waals surface area contributed by atoms with Crippen molar-refractivity contribution in [2.24, 2.45) is 0 Å². The Morgan fingerprint density at radius 3 is 1.71 bits per heavy atom. The highest BCUT2D eigenvalue weighted by molar-refractivity contribution is 9.10. The summed E-state index contributed by atoms with van der Waals surface area (Å²) < 4.78 is 73.6. The number of benzene rings is 2. The summed E-state index contributed by atoms with van der Waals surface area (Å²) in [5.74, 6) is 0.940. The van der Waals surface area contributed by atoms with Crippen LogP contribution in [0.25, 0.3) is 0 Å². The third-order valence-electron chi connectivity index (χ3n) is 5.93. The highest BCUT2D eigenvalue weighted by Crippen LogP contribution is 2.37. The standard InChI is InChI=1S/C15H21BF2O3.C9H9BrF2O/c1-14(2)15(3,4)21-16(20-14)11-7-6-10(12(18)9-17)8-13(11)19-5;1-13-9-4-6(8(12)5-11)2-3-7(9)10/h6-8,12H,9H2,1-5H3;2-4,8H,5H2,1H3. The first-order valence-electron chi connectivity index (χ1n) is 10.7. The van der Waals surface area contributed by atoms with E-state index >= 15 is 0 Å². The van der Waals surface area contributed by atoms with Crippen LogP contribution >= 0.6 is 15.9 Å². The second kappa shape index (κ2) is 11.8. The summed E-state index contributed by atoms with van der Waals surface area (Å²) in [4.78, 5) is 0. The summed E-state index contributed by atoms with van der Waals surface area (Å²) in [7, 11) is 2.37. The molecule has 188 valence electrons. The highest BCUT2D eigenvalue weighted by Gasteiger charge is 2.52. The molecule has 0 aromatic heterocycles. The number of alkyl halides is 4. The fourth-order valence-electron chi connectivity index (χ4n) is 3.14. The molecule has 1 heterocycles. The van der Waals surface area contributed by atoms with Crippen molar-refractivity contribution in [3.8, 4) is 11.5 Å². The Kier molecular flexibility index (Phi) is 9.85. The van der Waals surface area contributed by atoms with Crippen molar-refractivity contribution in [2.45, 2.75) is 51.2 Å². The van der Waals surface area contributed by atoms with Gasteiger partial charge in [0.05, 0.1) is 29.9 Å². The molecule has 10 heteroatoms. The van der Waals surface area contributed by atoms with Gasteiger partial charge in [0.1, 0.15) is 24.8 Å². The number of hydrogen-bond donors (Lipinski definition) is 0. The van der Waals surface area contributed by atoms with Gasteiger partial charge in [-0.2, -0.15) is 0 Å². The number of ether oxygens (including phenoxy) is 2. The predicted octanol–water partition coefficient (Wildman–Crippen LogP) is 6.41. The SMILES string of the molecule is COc1cc(C(F)CF)ccc1B1OC(C)(C)C(C)(C)O1.COc1cc(C(F)CF)ccc1Br. The topological polar surface area (TPSA) is 36.9 Å². The average molecular weight is 549 g/mol.